The lowest BCUT2D eigenvalue weighted by molar-refractivity contribution is 0.456. The molecule has 26 heavy (non-hydrogen) atoms. The molecule has 0 unspecified atom stereocenters. The minimum absolute atomic E-state index is 0.189. The summed E-state index contributed by atoms with van der Waals surface area (Å²) in [6.07, 6.45) is 0.826. The van der Waals surface area contributed by atoms with E-state index in [0.29, 0.717) is 12.8 Å². The predicted octanol–water partition coefficient (Wildman–Crippen LogP) is 5.82. The highest BCUT2D eigenvalue weighted by atomic mass is 79.9. The second-order valence-corrected chi connectivity index (χ2v) is 8.16. The SMILES string of the molecule is Cc1cc(Cc2cc(Br)ccc2O)c(O)c(Cc2cc(Br)ccc2O)c1. The van der Waals surface area contributed by atoms with Crippen LogP contribution >= 0.6 is 31.9 Å². The lowest BCUT2D eigenvalue weighted by Gasteiger charge is -2.14. The third kappa shape index (κ3) is 4.22. The van der Waals surface area contributed by atoms with Gasteiger partial charge in [-0.25, -0.2) is 0 Å². The third-order valence-corrected chi connectivity index (χ3v) is 5.24. The van der Waals surface area contributed by atoms with Gasteiger partial charge in [-0.3, -0.25) is 0 Å². The van der Waals surface area contributed by atoms with Crippen LogP contribution < -0.4 is 0 Å². The summed E-state index contributed by atoms with van der Waals surface area (Å²) >= 11 is 6.82. The minimum atomic E-state index is 0.189. The van der Waals surface area contributed by atoms with E-state index >= 15 is 0 Å². The predicted molar refractivity (Wildman–Crippen MR) is 110 cm³/mol. The number of hydrogen-bond donors (Lipinski definition) is 3. The number of phenolic OH excluding ortho intramolecular Hbond substituents is 3. The molecule has 0 fully saturated rings. The Balaban J connectivity index is 1.98. The summed E-state index contributed by atoms with van der Waals surface area (Å²) in [4.78, 5) is 0. The first-order valence-electron chi connectivity index (χ1n) is 8.09. The number of aryl methyl sites for hydroxylation is 1. The van der Waals surface area contributed by atoms with Crippen molar-refractivity contribution in [2.24, 2.45) is 0 Å². The van der Waals surface area contributed by atoms with Gasteiger partial charge in [0.2, 0.25) is 0 Å². The molecule has 0 amide bonds. The third-order valence-electron chi connectivity index (χ3n) is 4.26. The zero-order valence-electron chi connectivity index (χ0n) is 14.1. The first-order valence-corrected chi connectivity index (χ1v) is 9.68. The van der Waals surface area contributed by atoms with Crippen molar-refractivity contribution >= 4 is 31.9 Å². The van der Waals surface area contributed by atoms with Crippen LogP contribution in [0.4, 0.5) is 0 Å². The summed E-state index contributed by atoms with van der Waals surface area (Å²) in [6, 6.07) is 14.3. The smallest absolute Gasteiger partial charge is 0.122 e. The summed E-state index contributed by atoms with van der Waals surface area (Å²) in [5.41, 5.74) is 3.95. The molecular formula is C21H18Br2O3. The molecule has 3 aromatic carbocycles. The maximum Gasteiger partial charge on any atom is 0.122 e. The summed E-state index contributed by atoms with van der Waals surface area (Å²) in [7, 11) is 0. The highest BCUT2D eigenvalue weighted by Gasteiger charge is 2.14. The summed E-state index contributed by atoms with van der Waals surface area (Å²) < 4.78 is 1.74. The van der Waals surface area contributed by atoms with Crippen LogP contribution in [0.3, 0.4) is 0 Å². The largest absolute Gasteiger partial charge is 0.508 e. The topological polar surface area (TPSA) is 60.7 Å². The van der Waals surface area contributed by atoms with Crippen molar-refractivity contribution < 1.29 is 15.3 Å². The molecule has 0 atom stereocenters. The van der Waals surface area contributed by atoms with E-state index in [9.17, 15) is 15.3 Å². The normalized spacial score (nSPS) is 10.9. The molecule has 3 aromatic rings. The van der Waals surface area contributed by atoms with E-state index in [1.165, 1.54) is 0 Å². The Bertz CT molecular complexity index is 893. The van der Waals surface area contributed by atoms with Crippen molar-refractivity contribution in [1.82, 2.24) is 0 Å². The average Bonchev–Trinajstić information content (AvgIpc) is 2.58. The maximum absolute atomic E-state index is 10.8. The van der Waals surface area contributed by atoms with Crippen LogP contribution in [0.5, 0.6) is 17.2 Å². The van der Waals surface area contributed by atoms with Crippen LogP contribution in [0.1, 0.15) is 27.8 Å². The average molecular weight is 478 g/mol. The van der Waals surface area contributed by atoms with E-state index in [1.54, 1.807) is 24.3 Å². The van der Waals surface area contributed by atoms with Crippen molar-refractivity contribution in [3.05, 3.63) is 85.3 Å². The molecule has 0 aromatic heterocycles. The molecule has 0 aliphatic heterocycles. The van der Waals surface area contributed by atoms with Gasteiger partial charge >= 0.3 is 0 Å². The molecule has 0 aliphatic carbocycles. The van der Waals surface area contributed by atoms with Gasteiger partial charge in [0.15, 0.2) is 0 Å². The van der Waals surface area contributed by atoms with Crippen LogP contribution in [0.2, 0.25) is 0 Å². The van der Waals surface area contributed by atoms with Crippen molar-refractivity contribution in [1.29, 1.82) is 0 Å². The van der Waals surface area contributed by atoms with Gasteiger partial charge in [0.1, 0.15) is 17.2 Å². The second-order valence-electron chi connectivity index (χ2n) is 6.33. The van der Waals surface area contributed by atoms with Crippen molar-refractivity contribution in [3.63, 3.8) is 0 Å². The number of benzene rings is 3. The number of aromatic hydroxyl groups is 3. The van der Waals surface area contributed by atoms with Gasteiger partial charge in [0, 0.05) is 21.8 Å². The highest BCUT2D eigenvalue weighted by molar-refractivity contribution is 9.10. The van der Waals surface area contributed by atoms with Crippen molar-refractivity contribution in [3.8, 4) is 17.2 Å². The number of phenols is 3. The highest BCUT2D eigenvalue weighted by Crippen LogP contribution is 2.33. The van der Waals surface area contributed by atoms with Gasteiger partial charge < -0.3 is 15.3 Å². The van der Waals surface area contributed by atoms with Crippen LogP contribution in [0, 0.1) is 6.92 Å². The van der Waals surface area contributed by atoms with E-state index < -0.39 is 0 Å². The Morgan fingerprint density at radius 3 is 1.50 bits per heavy atom. The molecule has 134 valence electrons. The summed E-state index contributed by atoms with van der Waals surface area (Å²) in [5.74, 6) is 0.579. The standard InChI is InChI=1S/C21H18Br2O3/c1-12-6-15(8-13-10-17(22)2-4-19(13)24)21(26)16(7-12)9-14-11-18(23)3-5-20(14)25/h2-7,10-11,24-26H,8-9H2,1H3. The Kier molecular flexibility index (Phi) is 5.58. The van der Waals surface area contributed by atoms with E-state index in [-0.39, 0.29) is 17.2 Å². The quantitative estimate of drug-likeness (QED) is 0.443. The van der Waals surface area contributed by atoms with Gasteiger partial charge in [-0.2, -0.15) is 0 Å². The molecule has 0 aliphatic rings. The number of hydrogen-bond acceptors (Lipinski definition) is 3. The summed E-state index contributed by atoms with van der Waals surface area (Å²) in [6.45, 7) is 1.97. The van der Waals surface area contributed by atoms with Crippen molar-refractivity contribution in [2.75, 3.05) is 0 Å². The lowest BCUT2D eigenvalue weighted by Crippen LogP contribution is -1.97. The fraction of sp³-hybridized carbons (Fsp3) is 0.143. The van der Waals surface area contributed by atoms with E-state index in [2.05, 4.69) is 31.9 Å². The molecule has 0 saturated heterocycles. The van der Waals surface area contributed by atoms with Gasteiger partial charge in [0.05, 0.1) is 0 Å². The molecule has 0 spiro atoms. The van der Waals surface area contributed by atoms with Crippen LogP contribution in [-0.4, -0.2) is 15.3 Å². The molecule has 0 bridgehead atoms. The van der Waals surface area contributed by atoms with Gasteiger partial charge in [0.25, 0.3) is 0 Å². The Labute approximate surface area is 169 Å². The molecule has 3 N–H and O–H groups in total. The van der Waals surface area contributed by atoms with Gasteiger partial charge in [-0.1, -0.05) is 49.6 Å². The molecule has 0 radical (unpaired) electrons. The molecule has 3 nitrogen and oxygen atoms in total. The Morgan fingerprint density at radius 1 is 0.654 bits per heavy atom. The zero-order valence-corrected chi connectivity index (χ0v) is 17.3. The molecule has 0 heterocycles. The van der Waals surface area contributed by atoms with Gasteiger partial charge in [-0.05, 0) is 65.6 Å². The molecular weight excluding hydrogens is 460 g/mol. The zero-order chi connectivity index (χ0) is 18.8. The fourth-order valence-electron chi connectivity index (χ4n) is 3.01. The first kappa shape index (κ1) is 18.8. The monoisotopic (exact) mass is 476 g/mol. The Hall–Kier alpha value is -1.98. The number of rotatable bonds is 4. The second kappa shape index (κ2) is 7.72. The van der Waals surface area contributed by atoms with E-state index in [0.717, 1.165) is 36.8 Å². The van der Waals surface area contributed by atoms with E-state index in [4.69, 9.17) is 0 Å². The lowest BCUT2D eigenvalue weighted by atomic mass is 9.95. The van der Waals surface area contributed by atoms with Crippen LogP contribution in [-0.2, 0) is 12.8 Å². The Morgan fingerprint density at radius 2 is 1.08 bits per heavy atom. The molecule has 0 saturated carbocycles. The van der Waals surface area contributed by atoms with E-state index in [1.807, 2.05) is 31.2 Å². The van der Waals surface area contributed by atoms with Crippen molar-refractivity contribution in [2.45, 2.75) is 19.8 Å². The van der Waals surface area contributed by atoms with Crippen LogP contribution in [0.15, 0.2) is 57.5 Å². The van der Waals surface area contributed by atoms with Crippen LogP contribution in [0.25, 0.3) is 0 Å². The number of halogens is 2. The molecule has 3 rings (SSSR count). The maximum atomic E-state index is 10.8. The first-order chi connectivity index (χ1) is 12.3. The molecule has 5 heteroatoms. The minimum Gasteiger partial charge on any atom is -0.508 e. The summed E-state index contributed by atoms with van der Waals surface area (Å²) in [5, 5.41) is 30.9. The fourth-order valence-corrected chi connectivity index (χ4v) is 3.82. The van der Waals surface area contributed by atoms with Gasteiger partial charge in [-0.15, -0.1) is 0 Å².